The van der Waals surface area contributed by atoms with Crippen molar-refractivity contribution in [2.75, 3.05) is 20.5 Å². The van der Waals surface area contributed by atoms with Crippen LogP contribution < -0.4 is 9.47 Å². The highest BCUT2D eigenvalue weighted by Crippen LogP contribution is 2.28. The smallest absolute Gasteiger partial charge is 0.161 e. The van der Waals surface area contributed by atoms with E-state index in [1.54, 1.807) is 26.0 Å². The molecule has 3 heteroatoms. The van der Waals surface area contributed by atoms with E-state index in [0.717, 1.165) is 17.3 Å². The van der Waals surface area contributed by atoms with Crippen molar-refractivity contribution >= 4 is 11.8 Å². The molecule has 1 aromatic carbocycles. The van der Waals surface area contributed by atoms with Crippen molar-refractivity contribution in [2.45, 2.75) is 5.75 Å². The fraction of sp³-hybridized carbons (Fsp3) is 0.400. The largest absolute Gasteiger partial charge is 0.493 e. The lowest BCUT2D eigenvalue weighted by Gasteiger charge is -2.08. The first-order valence-electron chi connectivity index (χ1n) is 4.01. The molecule has 0 amide bonds. The lowest BCUT2D eigenvalue weighted by atomic mass is 10.2. The van der Waals surface area contributed by atoms with Crippen molar-refractivity contribution in [1.82, 2.24) is 0 Å². The van der Waals surface area contributed by atoms with Gasteiger partial charge in [-0.05, 0) is 24.0 Å². The summed E-state index contributed by atoms with van der Waals surface area (Å²) >= 11 is 1.79. The van der Waals surface area contributed by atoms with Gasteiger partial charge in [-0.15, -0.1) is 0 Å². The molecule has 0 aliphatic rings. The van der Waals surface area contributed by atoms with Crippen molar-refractivity contribution < 1.29 is 9.47 Å². The van der Waals surface area contributed by atoms with Gasteiger partial charge in [-0.25, -0.2) is 0 Å². The molecule has 0 radical (unpaired) electrons. The van der Waals surface area contributed by atoms with Crippen LogP contribution in [0.4, 0.5) is 0 Å². The molecule has 0 aliphatic carbocycles. The van der Waals surface area contributed by atoms with Crippen LogP contribution in [0.1, 0.15) is 5.56 Å². The third kappa shape index (κ3) is 2.56. The van der Waals surface area contributed by atoms with E-state index < -0.39 is 0 Å². The van der Waals surface area contributed by atoms with Crippen LogP contribution in [0.5, 0.6) is 11.5 Å². The van der Waals surface area contributed by atoms with Gasteiger partial charge < -0.3 is 9.47 Å². The Balaban J connectivity index is 2.91. The number of thioether (sulfide) groups is 1. The number of hydrogen-bond acceptors (Lipinski definition) is 3. The zero-order chi connectivity index (χ0) is 9.68. The maximum absolute atomic E-state index is 5.19. The van der Waals surface area contributed by atoms with Crippen LogP contribution in [0.3, 0.4) is 0 Å². The van der Waals surface area contributed by atoms with E-state index in [1.165, 1.54) is 5.56 Å². The first-order chi connectivity index (χ1) is 6.31. The van der Waals surface area contributed by atoms with E-state index in [4.69, 9.17) is 9.47 Å². The maximum Gasteiger partial charge on any atom is 0.161 e. The van der Waals surface area contributed by atoms with Crippen LogP contribution in [0.15, 0.2) is 18.2 Å². The minimum atomic E-state index is 0.785. The summed E-state index contributed by atoms with van der Waals surface area (Å²) < 4.78 is 10.3. The quantitative estimate of drug-likeness (QED) is 0.740. The van der Waals surface area contributed by atoms with Crippen molar-refractivity contribution in [1.29, 1.82) is 0 Å². The minimum Gasteiger partial charge on any atom is -0.493 e. The van der Waals surface area contributed by atoms with Gasteiger partial charge in [0.05, 0.1) is 14.2 Å². The fourth-order valence-electron chi connectivity index (χ4n) is 1.14. The summed E-state index contributed by atoms with van der Waals surface area (Å²) in [6.45, 7) is 0. The van der Waals surface area contributed by atoms with Gasteiger partial charge in [0.2, 0.25) is 0 Å². The molecule has 2 nitrogen and oxygen atoms in total. The second-order valence-corrected chi connectivity index (χ2v) is 3.49. The first kappa shape index (κ1) is 10.3. The van der Waals surface area contributed by atoms with Gasteiger partial charge >= 0.3 is 0 Å². The molecule has 72 valence electrons. The summed E-state index contributed by atoms with van der Waals surface area (Å²) in [7, 11) is 3.30. The van der Waals surface area contributed by atoms with Gasteiger partial charge in [0, 0.05) is 5.75 Å². The molecule has 0 bridgehead atoms. The lowest BCUT2D eigenvalue weighted by Crippen LogP contribution is -1.91. The number of methoxy groups -OCH3 is 2. The van der Waals surface area contributed by atoms with E-state index in [2.05, 4.69) is 12.3 Å². The second kappa shape index (κ2) is 5.02. The first-order valence-corrected chi connectivity index (χ1v) is 5.41. The van der Waals surface area contributed by atoms with Gasteiger partial charge in [-0.3, -0.25) is 0 Å². The molecule has 1 rings (SSSR count). The predicted octanol–water partition coefficient (Wildman–Crippen LogP) is 2.57. The fourth-order valence-corrected chi connectivity index (χ4v) is 1.65. The number of benzene rings is 1. The van der Waals surface area contributed by atoms with Crippen molar-refractivity contribution in [3.8, 4) is 11.5 Å². The SMILES string of the molecule is COc1ccc(CSC)cc1OC. The molecule has 0 heterocycles. The van der Waals surface area contributed by atoms with Crippen LogP contribution >= 0.6 is 11.8 Å². The van der Waals surface area contributed by atoms with Crippen LogP contribution in [0.2, 0.25) is 0 Å². The third-order valence-electron chi connectivity index (χ3n) is 1.76. The predicted molar refractivity (Wildman–Crippen MR) is 56.8 cm³/mol. The Morgan fingerprint density at radius 2 is 1.85 bits per heavy atom. The molecule has 0 N–H and O–H groups in total. The van der Waals surface area contributed by atoms with E-state index in [9.17, 15) is 0 Å². The number of ether oxygens (including phenoxy) is 2. The minimum absolute atomic E-state index is 0.785. The second-order valence-electron chi connectivity index (χ2n) is 2.62. The van der Waals surface area contributed by atoms with E-state index >= 15 is 0 Å². The molecule has 0 aliphatic heterocycles. The average Bonchev–Trinajstić information content (AvgIpc) is 2.18. The Morgan fingerprint density at radius 3 is 2.38 bits per heavy atom. The third-order valence-corrected chi connectivity index (χ3v) is 2.38. The van der Waals surface area contributed by atoms with Gasteiger partial charge in [0.15, 0.2) is 11.5 Å². The monoisotopic (exact) mass is 198 g/mol. The summed E-state index contributed by atoms with van der Waals surface area (Å²) in [5.41, 5.74) is 1.25. The molecular formula is C10H14O2S. The highest BCUT2D eigenvalue weighted by molar-refractivity contribution is 7.97. The summed E-state index contributed by atoms with van der Waals surface area (Å²) in [5, 5.41) is 0. The molecule has 0 aromatic heterocycles. The zero-order valence-corrected chi connectivity index (χ0v) is 8.98. The van der Waals surface area contributed by atoms with E-state index in [0.29, 0.717) is 0 Å². The van der Waals surface area contributed by atoms with Crippen LogP contribution in [0, 0.1) is 0 Å². The maximum atomic E-state index is 5.19. The Hall–Kier alpha value is -0.830. The highest BCUT2D eigenvalue weighted by atomic mass is 32.2. The van der Waals surface area contributed by atoms with Crippen molar-refractivity contribution in [2.24, 2.45) is 0 Å². The molecule has 13 heavy (non-hydrogen) atoms. The average molecular weight is 198 g/mol. The van der Waals surface area contributed by atoms with Crippen LogP contribution in [-0.4, -0.2) is 20.5 Å². The molecule has 0 saturated carbocycles. The van der Waals surface area contributed by atoms with Gasteiger partial charge in [-0.1, -0.05) is 6.07 Å². The molecule has 0 atom stereocenters. The summed E-state index contributed by atoms with van der Waals surface area (Å²) in [5.74, 6) is 2.58. The van der Waals surface area contributed by atoms with E-state index in [-0.39, 0.29) is 0 Å². The Morgan fingerprint density at radius 1 is 1.15 bits per heavy atom. The molecular weight excluding hydrogens is 184 g/mol. The molecule has 0 spiro atoms. The number of hydrogen-bond donors (Lipinski definition) is 0. The Bertz CT molecular complexity index is 274. The van der Waals surface area contributed by atoms with Gasteiger partial charge in [0.1, 0.15) is 0 Å². The summed E-state index contributed by atoms with van der Waals surface area (Å²) in [6, 6.07) is 6.00. The van der Waals surface area contributed by atoms with E-state index in [1.807, 2.05) is 12.1 Å². The normalized spacial score (nSPS) is 9.77. The summed E-state index contributed by atoms with van der Waals surface area (Å²) in [4.78, 5) is 0. The zero-order valence-electron chi connectivity index (χ0n) is 8.16. The van der Waals surface area contributed by atoms with Crippen LogP contribution in [-0.2, 0) is 5.75 Å². The molecule has 0 fully saturated rings. The lowest BCUT2D eigenvalue weighted by molar-refractivity contribution is 0.354. The summed E-state index contributed by atoms with van der Waals surface area (Å²) in [6.07, 6.45) is 2.08. The standard InChI is InChI=1S/C10H14O2S/c1-11-9-5-4-8(7-13-3)6-10(9)12-2/h4-6H,7H2,1-3H3. The Kier molecular flexibility index (Phi) is 3.96. The van der Waals surface area contributed by atoms with Crippen LogP contribution in [0.25, 0.3) is 0 Å². The topological polar surface area (TPSA) is 18.5 Å². The molecule has 0 saturated heterocycles. The van der Waals surface area contributed by atoms with Crippen molar-refractivity contribution in [3.63, 3.8) is 0 Å². The highest BCUT2D eigenvalue weighted by Gasteiger charge is 2.03. The Labute approximate surface area is 83.2 Å². The van der Waals surface area contributed by atoms with Gasteiger partial charge in [-0.2, -0.15) is 11.8 Å². The van der Waals surface area contributed by atoms with Crippen molar-refractivity contribution in [3.05, 3.63) is 23.8 Å². The molecule has 1 aromatic rings. The number of rotatable bonds is 4. The molecule has 0 unspecified atom stereocenters. The van der Waals surface area contributed by atoms with Gasteiger partial charge in [0.25, 0.3) is 0 Å².